The van der Waals surface area contributed by atoms with Crippen molar-refractivity contribution < 1.29 is 14.6 Å². The number of benzene rings is 2. The molecule has 0 aliphatic rings. The largest absolute Gasteiger partial charge is 0.484 e. The van der Waals surface area contributed by atoms with Crippen molar-refractivity contribution in [3.05, 3.63) is 58.1 Å². The Bertz CT molecular complexity index is 629. The van der Waals surface area contributed by atoms with Crippen LogP contribution in [-0.2, 0) is 11.4 Å². The lowest BCUT2D eigenvalue weighted by Gasteiger charge is -2.08. The van der Waals surface area contributed by atoms with E-state index < -0.39 is 0 Å². The second-order valence-electron chi connectivity index (χ2n) is 4.27. The smallest absolute Gasteiger partial charge is 0.262 e. The number of aliphatic hydroxyl groups is 1. The molecular weight excluding hydrogens is 313 g/mol. The number of nitrogens with one attached hydrogen (secondary N) is 1. The number of halogens is 2. The zero-order valence-corrected chi connectivity index (χ0v) is 12.5. The highest BCUT2D eigenvalue weighted by molar-refractivity contribution is 6.42. The number of carbonyl (C=O) groups is 1. The van der Waals surface area contributed by atoms with Crippen molar-refractivity contribution in [3.8, 4) is 5.75 Å². The number of amides is 1. The fraction of sp³-hybridized carbons (Fsp3) is 0.133. The summed E-state index contributed by atoms with van der Waals surface area (Å²) in [5, 5.41) is 12.4. The third-order valence-corrected chi connectivity index (χ3v) is 3.42. The average molecular weight is 326 g/mol. The fourth-order valence-electron chi connectivity index (χ4n) is 1.61. The van der Waals surface area contributed by atoms with Crippen LogP contribution in [0.15, 0.2) is 42.5 Å². The van der Waals surface area contributed by atoms with Crippen LogP contribution >= 0.6 is 23.2 Å². The second kappa shape index (κ2) is 7.31. The maximum absolute atomic E-state index is 11.8. The molecule has 0 saturated carbocycles. The van der Waals surface area contributed by atoms with Crippen LogP contribution in [0.1, 0.15) is 5.56 Å². The third kappa shape index (κ3) is 4.63. The molecule has 0 aliphatic heterocycles. The third-order valence-electron chi connectivity index (χ3n) is 2.68. The van der Waals surface area contributed by atoms with Crippen LogP contribution in [0.4, 0.5) is 5.69 Å². The van der Waals surface area contributed by atoms with Crippen LogP contribution in [0.5, 0.6) is 5.75 Å². The highest BCUT2D eigenvalue weighted by Crippen LogP contribution is 2.24. The molecule has 2 rings (SSSR count). The van der Waals surface area contributed by atoms with Crippen molar-refractivity contribution in [3.63, 3.8) is 0 Å². The summed E-state index contributed by atoms with van der Waals surface area (Å²) < 4.78 is 5.34. The molecule has 1 amide bonds. The number of anilines is 1. The molecule has 6 heteroatoms. The number of ether oxygens (including phenoxy) is 1. The number of carbonyl (C=O) groups excluding carboxylic acids is 1. The predicted molar refractivity (Wildman–Crippen MR) is 83.0 cm³/mol. The van der Waals surface area contributed by atoms with Crippen molar-refractivity contribution in [1.82, 2.24) is 0 Å². The first-order valence-corrected chi connectivity index (χ1v) is 6.91. The lowest BCUT2D eigenvalue weighted by Crippen LogP contribution is -2.20. The van der Waals surface area contributed by atoms with Crippen molar-refractivity contribution in [1.29, 1.82) is 0 Å². The second-order valence-corrected chi connectivity index (χ2v) is 5.08. The van der Waals surface area contributed by atoms with Gasteiger partial charge in [-0.05, 0) is 35.9 Å². The van der Waals surface area contributed by atoms with Crippen LogP contribution in [0.2, 0.25) is 10.0 Å². The Morgan fingerprint density at radius 3 is 2.43 bits per heavy atom. The Morgan fingerprint density at radius 2 is 1.81 bits per heavy atom. The molecule has 2 aromatic carbocycles. The zero-order chi connectivity index (χ0) is 15.2. The van der Waals surface area contributed by atoms with Crippen LogP contribution in [0, 0.1) is 0 Å². The molecule has 2 aromatic rings. The Balaban J connectivity index is 1.87. The van der Waals surface area contributed by atoms with Gasteiger partial charge < -0.3 is 15.2 Å². The molecule has 4 nitrogen and oxygen atoms in total. The van der Waals surface area contributed by atoms with Crippen LogP contribution in [-0.4, -0.2) is 17.6 Å². The summed E-state index contributed by atoms with van der Waals surface area (Å²) in [5.41, 5.74) is 1.33. The summed E-state index contributed by atoms with van der Waals surface area (Å²) in [4.78, 5) is 11.8. The van der Waals surface area contributed by atoms with E-state index in [0.29, 0.717) is 21.5 Å². The normalized spacial score (nSPS) is 10.2. The van der Waals surface area contributed by atoms with Gasteiger partial charge in [0.1, 0.15) is 5.75 Å². The molecule has 0 heterocycles. The predicted octanol–water partition coefficient (Wildman–Crippen LogP) is 3.50. The van der Waals surface area contributed by atoms with Gasteiger partial charge in [0.25, 0.3) is 5.91 Å². The van der Waals surface area contributed by atoms with Crippen molar-refractivity contribution in [2.45, 2.75) is 6.61 Å². The first-order valence-electron chi connectivity index (χ1n) is 6.16. The van der Waals surface area contributed by atoms with Gasteiger partial charge in [0.05, 0.1) is 16.7 Å². The molecule has 0 radical (unpaired) electrons. The van der Waals surface area contributed by atoms with Gasteiger partial charge in [0.15, 0.2) is 6.61 Å². The van der Waals surface area contributed by atoms with E-state index in [9.17, 15) is 4.79 Å². The molecule has 0 aliphatic carbocycles. The fourth-order valence-corrected chi connectivity index (χ4v) is 1.91. The molecule has 0 saturated heterocycles. The van der Waals surface area contributed by atoms with Crippen LogP contribution < -0.4 is 10.1 Å². The van der Waals surface area contributed by atoms with E-state index in [2.05, 4.69) is 5.32 Å². The number of aliphatic hydroxyl groups excluding tert-OH is 1. The van der Waals surface area contributed by atoms with Gasteiger partial charge in [-0.3, -0.25) is 4.79 Å². The molecule has 0 unspecified atom stereocenters. The van der Waals surface area contributed by atoms with E-state index in [1.54, 1.807) is 42.5 Å². The molecule has 0 aromatic heterocycles. The molecule has 0 fully saturated rings. The number of rotatable bonds is 5. The minimum atomic E-state index is -0.306. The van der Waals surface area contributed by atoms with E-state index in [0.717, 1.165) is 5.56 Å². The van der Waals surface area contributed by atoms with Crippen LogP contribution in [0.3, 0.4) is 0 Å². The topological polar surface area (TPSA) is 58.6 Å². The van der Waals surface area contributed by atoms with Crippen molar-refractivity contribution >= 4 is 34.8 Å². The Hall–Kier alpha value is -1.75. The number of hydrogen-bond donors (Lipinski definition) is 2. The average Bonchev–Trinajstić information content (AvgIpc) is 2.49. The summed E-state index contributed by atoms with van der Waals surface area (Å²) in [6, 6.07) is 11.7. The lowest BCUT2D eigenvalue weighted by molar-refractivity contribution is -0.118. The minimum Gasteiger partial charge on any atom is -0.484 e. The summed E-state index contributed by atoms with van der Waals surface area (Å²) >= 11 is 11.7. The van der Waals surface area contributed by atoms with Gasteiger partial charge in [0, 0.05) is 5.69 Å². The first kappa shape index (κ1) is 15.6. The summed E-state index contributed by atoms with van der Waals surface area (Å²) in [6.07, 6.45) is 0. The van der Waals surface area contributed by atoms with E-state index in [4.69, 9.17) is 33.0 Å². The van der Waals surface area contributed by atoms with E-state index in [1.807, 2.05) is 0 Å². The Kier molecular flexibility index (Phi) is 5.44. The van der Waals surface area contributed by atoms with E-state index in [1.165, 1.54) is 0 Å². The standard InChI is InChI=1S/C15H13Cl2NO3/c16-13-6-3-11(7-14(13)17)18-15(20)9-21-12-4-1-10(8-19)2-5-12/h1-7,19H,8-9H2,(H,18,20). The van der Waals surface area contributed by atoms with Gasteiger partial charge in [-0.15, -0.1) is 0 Å². The van der Waals surface area contributed by atoms with Crippen molar-refractivity contribution in [2.75, 3.05) is 11.9 Å². The van der Waals surface area contributed by atoms with Gasteiger partial charge >= 0.3 is 0 Å². The molecule has 2 N–H and O–H groups in total. The lowest BCUT2D eigenvalue weighted by atomic mass is 10.2. The molecular formula is C15H13Cl2NO3. The van der Waals surface area contributed by atoms with Gasteiger partial charge in [-0.2, -0.15) is 0 Å². The zero-order valence-electron chi connectivity index (χ0n) is 11.0. The molecule has 21 heavy (non-hydrogen) atoms. The Morgan fingerprint density at radius 1 is 1.10 bits per heavy atom. The van der Waals surface area contributed by atoms with Gasteiger partial charge in [-0.25, -0.2) is 0 Å². The quantitative estimate of drug-likeness (QED) is 0.884. The molecule has 0 atom stereocenters. The SMILES string of the molecule is O=C(COc1ccc(CO)cc1)Nc1ccc(Cl)c(Cl)c1. The van der Waals surface area contributed by atoms with E-state index in [-0.39, 0.29) is 19.1 Å². The van der Waals surface area contributed by atoms with Crippen molar-refractivity contribution in [2.24, 2.45) is 0 Å². The van der Waals surface area contributed by atoms with E-state index >= 15 is 0 Å². The molecule has 110 valence electrons. The highest BCUT2D eigenvalue weighted by atomic mass is 35.5. The van der Waals surface area contributed by atoms with Gasteiger partial charge in [-0.1, -0.05) is 35.3 Å². The minimum absolute atomic E-state index is 0.0297. The monoisotopic (exact) mass is 325 g/mol. The van der Waals surface area contributed by atoms with Crippen LogP contribution in [0.25, 0.3) is 0 Å². The summed E-state index contributed by atoms with van der Waals surface area (Å²) in [7, 11) is 0. The Labute approximate surface area is 132 Å². The molecule has 0 bridgehead atoms. The summed E-state index contributed by atoms with van der Waals surface area (Å²) in [6.45, 7) is -0.156. The van der Waals surface area contributed by atoms with Gasteiger partial charge in [0.2, 0.25) is 0 Å². The maximum atomic E-state index is 11.8. The first-order chi connectivity index (χ1) is 10.1. The highest BCUT2D eigenvalue weighted by Gasteiger charge is 2.05. The maximum Gasteiger partial charge on any atom is 0.262 e. The summed E-state index contributed by atoms with van der Waals surface area (Å²) in [5.74, 6) is 0.246. The molecule has 0 spiro atoms. The number of hydrogen-bond acceptors (Lipinski definition) is 3.